The molecule has 3 rings (SSSR count). The van der Waals surface area contributed by atoms with Gasteiger partial charge in [-0.2, -0.15) is 4.98 Å². The summed E-state index contributed by atoms with van der Waals surface area (Å²) in [6.07, 6.45) is 5.73. The number of nitrogen functional groups attached to an aromatic ring is 1. The van der Waals surface area contributed by atoms with Gasteiger partial charge >= 0.3 is 0 Å². The molecule has 27 heavy (non-hydrogen) atoms. The van der Waals surface area contributed by atoms with Gasteiger partial charge < -0.3 is 15.8 Å². The number of nitrogens with zero attached hydrogens (tertiary/aromatic N) is 4. The Morgan fingerprint density at radius 3 is 2.63 bits per heavy atom. The number of methoxy groups -OCH3 is 1. The van der Waals surface area contributed by atoms with Gasteiger partial charge in [-0.05, 0) is 24.6 Å². The number of ether oxygens (including phenoxy) is 1. The van der Waals surface area contributed by atoms with Crippen LogP contribution in [0.25, 0.3) is 22.5 Å². The molecule has 7 nitrogen and oxygen atoms in total. The van der Waals surface area contributed by atoms with Gasteiger partial charge in [-0.15, -0.1) is 0 Å². The van der Waals surface area contributed by atoms with E-state index in [2.05, 4.69) is 25.3 Å². The number of benzene rings is 1. The van der Waals surface area contributed by atoms with Crippen molar-refractivity contribution in [2.45, 2.75) is 6.42 Å². The van der Waals surface area contributed by atoms with Crippen molar-refractivity contribution >= 4 is 23.4 Å². The first-order valence-corrected chi connectivity index (χ1v) is 8.59. The molecule has 0 aliphatic heterocycles. The second kappa shape index (κ2) is 8.70. The van der Waals surface area contributed by atoms with Gasteiger partial charge in [0, 0.05) is 55.5 Å². The van der Waals surface area contributed by atoms with Gasteiger partial charge in [0.2, 0.25) is 5.95 Å². The van der Waals surface area contributed by atoms with Crippen molar-refractivity contribution in [3.63, 3.8) is 0 Å². The fourth-order valence-electron chi connectivity index (χ4n) is 2.42. The summed E-state index contributed by atoms with van der Waals surface area (Å²) in [5.41, 5.74) is 7.78. The lowest BCUT2D eigenvalue weighted by atomic mass is 10.1. The zero-order valence-corrected chi connectivity index (χ0v) is 15.4. The monoisotopic (exact) mass is 388 g/mol. The predicted octanol–water partition coefficient (Wildman–Crippen LogP) is 3.42. The molecule has 0 atom stereocenters. The number of halogens is 2. The van der Waals surface area contributed by atoms with Gasteiger partial charge in [-0.3, -0.25) is 0 Å². The predicted molar refractivity (Wildman–Crippen MR) is 103 cm³/mol. The minimum absolute atomic E-state index is 0.0228. The Morgan fingerprint density at radius 2 is 1.93 bits per heavy atom. The molecule has 0 bridgehead atoms. The molecule has 0 saturated heterocycles. The minimum atomic E-state index is -0.486. The number of hydrogen-bond acceptors (Lipinski definition) is 7. The largest absolute Gasteiger partial charge is 0.385 e. The molecule has 1 aromatic carbocycles. The quantitative estimate of drug-likeness (QED) is 0.598. The SMILES string of the molecule is COCCCNc1nc(N)ncc1-c1cnc(-c2ccc(F)c(Cl)c2)nc1. The summed E-state index contributed by atoms with van der Waals surface area (Å²) in [7, 11) is 1.65. The van der Waals surface area contributed by atoms with Crippen molar-refractivity contribution in [1.29, 1.82) is 0 Å². The third-order valence-corrected chi connectivity index (χ3v) is 4.06. The van der Waals surface area contributed by atoms with E-state index in [9.17, 15) is 4.39 Å². The van der Waals surface area contributed by atoms with Gasteiger partial charge in [-0.1, -0.05) is 11.6 Å². The lowest BCUT2D eigenvalue weighted by Crippen LogP contribution is -2.09. The van der Waals surface area contributed by atoms with E-state index in [1.165, 1.54) is 12.1 Å². The van der Waals surface area contributed by atoms with E-state index >= 15 is 0 Å². The Balaban J connectivity index is 1.85. The van der Waals surface area contributed by atoms with Crippen LogP contribution in [0.1, 0.15) is 6.42 Å². The van der Waals surface area contributed by atoms with Crippen LogP contribution in [0.4, 0.5) is 16.2 Å². The number of nitrogens with two attached hydrogens (primary N) is 1. The minimum Gasteiger partial charge on any atom is -0.385 e. The molecule has 0 radical (unpaired) electrons. The zero-order valence-electron chi connectivity index (χ0n) is 14.6. The summed E-state index contributed by atoms with van der Waals surface area (Å²) in [6.45, 7) is 1.31. The van der Waals surface area contributed by atoms with Crippen LogP contribution >= 0.6 is 11.6 Å². The molecule has 0 fully saturated rings. The number of aromatic nitrogens is 4. The smallest absolute Gasteiger partial charge is 0.221 e. The number of hydrogen-bond donors (Lipinski definition) is 2. The first-order valence-electron chi connectivity index (χ1n) is 8.21. The summed E-state index contributed by atoms with van der Waals surface area (Å²) < 4.78 is 18.4. The van der Waals surface area contributed by atoms with Crippen LogP contribution in [0.3, 0.4) is 0 Å². The van der Waals surface area contributed by atoms with Crippen LogP contribution in [0.5, 0.6) is 0 Å². The summed E-state index contributed by atoms with van der Waals surface area (Å²) in [4.78, 5) is 17.0. The first kappa shape index (κ1) is 18.9. The van der Waals surface area contributed by atoms with E-state index in [-0.39, 0.29) is 11.0 Å². The molecule has 140 valence electrons. The van der Waals surface area contributed by atoms with Gasteiger partial charge in [-0.25, -0.2) is 19.3 Å². The van der Waals surface area contributed by atoms with E-state index in [1.807, 2.05) is 0 Å². The second-order valence-electron chi connectivity index (χ2n) is 5.69. The van der Waals surface area contributed by atoms with Crippen LogP contribution in [-0.2, 0) is 4.74 Å². The molecule has 0 aliphatic carbocycles. The van der Waals surface area contributed by atoms with Crippen molar-refractivity contribution in [3.8, 4) is 22.5 Å². The molecule has 0 amide bonds. The average molecular weight is 389 g/mol. The van der Waals surface area contributed by atoms with E-state index in [4.69, 9.17) is 22.1 Å². The summed E-state index contributed by atoms with van der Waals surface area (Å²) in [5, 5.41) is 3.24. The Labute approximate surface area is 160 Å². The highest BCUT2D eigenvalue weighted by atomic mass is 35.5. The molecule has 9 heteroatoms. The van der Waals surface area contributed by atoms with Gasteiger partial charge in [0.1, 0.15) is 11.6 Å². The lowest BCUT2D eigenvalue weighted by Gasteiger charge is -2.11. The van der Waals surface area contributed by atoms with E-state index in [1.54, 1.807) is 31.8 Å². The molecule has 3 aromatic rings. The fourth-order valence-corrected chi connectivity index (χ4v) is 2.60. The maximum Gasteiger partial charge on any atom is 0.221 e. The third-order valence-electron chi connectivity index (χ3n) is 3.77. The maximum atomic E-state index is 13.3. The molecular formula is C18H18ClFN6O. The van der Waals surface area contributed by atoms with Crippen LogP contribution in [-0.4, -0.2) is 40.2 Å². The van der Waals surface area contributed by atoms with E-state index in [0.29, 0.717) is 30.4 Å². The summed E-state index contributed by atoms with van der Waals surface area (Å²) in [5.74, 6) is 0.720. The molecule has 0 spiro atoms. The zero-order chi connectivity index (χ0) is 19.2. The molecule has 0 saturated carbocycles. The molecule has 0 unspecified atom stereocenters. The Bertz CT molecular complexity index is 922. The molecule has 2 heterocycles. The number of anilines is 2. The summed E-state index contributed by atoms with van der Waals surface area (Å²) in [6, 6.07) is 4.34. The standard InChI is InChI=1S/C18H18ClFN6O/c1-27-6-2-5-22-17-13(10-25-18(21)26-17)12-8-23-16(24-9-12)11-3-4-15(20)14(19)7-11/h3-4,7-10H,2,5-6H2,1H3,(H3,21,22,25,26). The second-order valence-corrected chi connectivity index (χ2v) is 6.10. The average Bonchev–Trinajstić information content (AvgIpc) is 2.68. The van der Waals surface area contributed by atoms with Gasteiger partial charge in [0.15, 0.2) is 5.82 Å². The van der Waals surface area contributed by atoms with Gasteiger partial charge in [0.25, 0.3) is 0 Å². The van der Waals surface area contributed by atoms with Crippen molar-refractivity contribution in [1.82, 2.24) is 19.9 Å². The van der Waals surface area contributed by atoms with Crippen molar-refractivity contribution in [2.75, 3.05) is 31.3 Å². The van der Waals surface area contributed by atoms with E-state index < -0.39 is 5.82 Å². The van der Waals surface area contributed by atoms with E-state index in [0.717, 1.165) is 17.5 Å². The Hall–Kier alpha value is -2.84. The highest BCUT2D eigenvalue weighted by Gasteiger charge is 2.11. The lowest BCUT2D eigenvalue weighted by molar-refractivity contribution is 0.198. The van der Waals surface area contributed by atoms with Crippen LogP contribution in [0.2, 0.25) is 5.02 Å². The highest BCUT2D eigenvalue weighted by molar-refractivity contribution is 6.31. The molecule has 2 aromatic heterocycles. The molecule has 3 N–H and O–H groups in total. The first-order chi connectivity index (χ1) is 13.1. The molecular weight excluding hydrogens is 371 g/mol. The topological polar surface area (TPSA) is 98.8 Å². The Kier molecular flexibility index (Phi) is 6.10. The number of nitrogens with one attached hydrogen (secondary N) is 1. The third kappa shape index (κ3) is 4.66. The Morgan fingerprint density at radius 1 is 1.15 bits per heavy atom. The number of rotatable bonds is 7. The van der Waals surface area contributed by atoms with Crippen molar-refractivity contribution in [3.05, 3.63) is 47.6 Å². The van der Waals surface area contributed by atoms with Crippen molar-refractivity contribution in [2.24, 2.45) is 0 Å². The molecule has 0 aliphatic rings. The van der Waals surface area contributed by atoms with Crippen LogP contribution in [0, 0.1) is 5.82 Å². The maximum absolute atomic E-state index is 13.3. The normalized spacial score (nSPS) is 10.8. The fraction of sp³-hybridized carbons (Fsp3) is 0.222. The van der Waals surface area contributed by atoms with Gasteiger partial charge in [0.05, 0.1) is 5.02 Å². The van der Waals surface area contributed by atoms with Crippen LogP contribution < -0.4 is 11.1 Å². The van der Waals surface area contributed by atoms with Crippen LogP contribution in [0.15, 0.2) is 36.8 Å². The summed E-state index contributed by atoms with van der Waals surface area (Å²) >= 11 is 5.82. The van der Waals surface area contributed by atoms with Crippen molar-refractivity contribution < 1.29 is 9.13 Å². The highest BCUT2D eigenvalue weighted by Crippen LogP contribution is 2.27.